The van der Waals surface area contributed by atoms with Crippen LogP contribution < -0.4 is 0 Å². The number of carbonyl (C=O) groups is 3. The summed E-state index contributed by atoms with van der Waals surface area (Å²) in [4.78, 5) is 36.3. The molecule has 1 aromatic carbocycles. The van der Waals surface area contributed by atoms with Gasteiger partial charge in [0.15, 0.2) is 0 Å². The highest BCUT2D eigenvalue weighted by atomic mass is 16.4. The summed E-state index contributed by atoms with van der Waals surface area (Å²) in [6.45, 7) is 5.40. The van der Waals surface area contributed by atoms with Crippen LogP contribution in [-0.2, 0) is 20.9 Å². The van der Waals surface area contributed by atoms with Crippen LogP contribution in [0.2, 0.25) is 0 Å². The van der Waals surface area contributed by atoms with Gasteiger partial charge < -0.3 is 5.11 Å². The van der Waals surface area contributed by atoms with Crippen LogP contribution in [0.1, 0.15) is 37.8 Å². The summed E-state index contributed by atoms with van der Waals surface area (Å²) < 4.78 is 0. The number of likely N-dealkylation sites (tertiary alicyclic amines) is 1. The van der Waals surface area contributed by atoms with Crippen LogP contribution in [0.15, 0.2) is 24.3 Å². The van der Waals surface area contributed by atoms with Crippen molar-refractivity contribution in [3.63, 3.8) is 0 Å². The number of carbonyl (C=O) groups excluding carboxylic acids is 2. The fourth-order valence-corrected chi connectivity index (χ4v) is 2.42. The molecule has 1 N–H and O–H groups in total. The molecule has 0 radical (unpaired) electrons. The molecule has 2 amide bonds. The van der Waals surface area contributed by atoms with E-state index in [1.165, 1.54) is 4.90 Å². The number of nitrogens with zero attached hydrogens (tertiary/aromatic N) is 1. The molecule has 0 saturated carbocycles. The van der Waals surface area contributed by atoms with Gasteiger partial charge in [0.1, 0.15) is 0 Å². The van der Waals surface area contributed by atoms with Gasteiger partial charge in [0.25, 0.3) is 0 Å². The molecule has 112 valence electrons. The van der Waals surface area contributed by atoms with Crippen LogP contribution in [0.3, 0.4) is 0 Å². The lowest BCUT2D eigenvalue weighted by atomic mass is 10.00. The Balaban J connectivity index is 2.13. The Morgan fingerprint density at radius 1 is 1.14 bits per heavy atom. The minimum absolute atomic E-state index is 0.143. The van der Waals surface area contributed by atoms with E-state index in [4.69, 9.17) is 5.11 Å². The van der Waals surface area contributed by atoms with Crippen LogP contribution in [0.4, 0.5) is 0 Å². The lowest BCUT2D eigenvalue weighted by molar-refractivity contribution is -0.141. The molecule has 3 unspecified atom stereocenters. The van der Waals surface area contributed by atoms with E-state index in [0.717, 1.165) is 5.56 Å². The molecule has 2 rings (SSSR count). The van der Waals surface area contributed by atoms with E-state index >= 15 is 0 Å². The Hall–Kier alpha value is -2.17. The molecule has 0 spiro atoms. The predicted molar refractivity (Wildman–Crippen MR) is 76.4 cm³/mol. The Labute approximate surface area is 123 Å². The number of hydrogen-bond acceptors (Lipinski definition) is 3. The molecule has 0 bridgehead atoms. The first kappa shape index (κ1) is 15.2. The number of carboxylic acid groups (broad SMARTS) is 1. The van der Waals surface area contributed by atoms with E-state index in [0.29, 0.717) is 5.56 Å². The van der Waals surface area contributed by atoms with Gasteiger partial charge in [0.05, 0.1) is 12.5 Å². The van der Waals surface area contributed by atoms with Crippen molar-refractivity contribution in [1.29, 1.82) is 0 Å². The summed E-state index contributed by atoms with van der Waals surface area (Å²) in [6.07, 6.45) is 0. The molecule has 0 aliphatic carbocycles. The van der Waals surface area contributed by atoms with Crippen LogP contribution in [-0.4, -0.2) is 27.8 Å². The maximum Gasteiger partial charge on any atom is 0.310 e. The number of rotatable bonds is 4. The third-order valence-corrected chi connectivity index (χ3v) is 4.25. The van der Waals surface area contributed by atoms with Crippen LogP contribution >= 0.6 is 0 Å². The predicted octanol–water partition coefficient (Wildman–Crippen LogP) is 2.02. The van der Waals surface area contributed by atoms with Gasteiger partial charge >= 0.3 is 5.97 Å². The lowest BCUT2D eigenvalue weighted by Gasteiger charge is -2.15. The third-order valence-electron chi connectivity index (χ3n) is 4.25. The van der Waals surface area contributed by atoms with Gasteiger partial charge in [-0.25, -0.2) is 0 Å². The van der Waals surface area contributed by atoms with Crippen LogP contribution in [0, 0.1) is 11.8 Å². The molecule has 1 aromatic rings. The van der Waals surface area contributed by atoms with E-state index in [1.54, 1.807) is 45.0 Å². The van der Waals surface area contributed by atoms with E-state index < -0.39 is 11.9 Å². The van der Waals surface area contributed by atoms with Crippen molar-refractivity contribution in [3.05, 3.63) is 35.4 Å². The number of aliphatic carboxylic acids is 1. The van der Waals surface area contributed by atoms with Crippen molar-refractivity contribution in [2.45, 2.75) is 33.2 Å². The molecule has 3 atom stereocenters. The molecule has 1 heterocycles. The van der Waals surface area contributed by atoms with Gasteiger partial charge in [-0.3, -0.25) is 19.3 Å². The molecule has 0 aromatic heterocycles. The second-order valence-corrected chi connectivity index (χ2v) is 5.64. The fraction of sp³-hybridized carbons (Fsp3) is 0.438. The van der Waals surface area contributed by atoms with Crippen LogP contribution in [0.25, 0.3) is 0 Å². The average Bonchev–Trinajstić information content (AvgIpc) is 2.65. The first-order chi connectivity index (χ1) is 9.82. The van der Waals surface area contributed by atoms with E-state index in [9.17, 15) is 14.4 Å². The van der Waals surface area contributed by atoms with Crippen molar-refractivity contribution >= 4 is 17.8 Å². The summed E-state index contributed by atoms with van der Waals surface area (Å²) in [5, 5.41) is 8.96. The van der Waals surface area contributed by atoms with Gasteiger partial charge in [-0.05, 0) is 18.1 Å². The largest absolute Gasteiger partial charge is 0.481 e. The topological polar surface area (TPSA) is 74.7 Å². The standard InChI is InChI=1S/C16H19NO4/c1-9-10(2)15(19)17(14(9)18)8-12-4-6-13(7-5-12)11(3)16(20)21/h4-7,9-11H,8H2,1-3H3,(H,20,21). The quantitative estimate of drug-likeness (QED) is 0.860. The summed E-state index contributed by atoms with van der Waals surface area (Å²) >= 11 is 0. The highest BCUT2D eigenvalue weighted by Gasteiger charge is 2.41. The van der Waals surface area contributed by atoms with Gasteiger partial charge in [-0.2, -0.15) is 0 Å². The molecule has 1 saturated heterocycles. The second-order valence-electron chi connectivity index (χ2n) is 5.64. The van der Waals surface area contributed by atoms with Crippen molar-refractivity contribution in [3.8, 4) is 0 Å². The van der Waals surface area contributed by atoms with E-state index in [1.807, 2.05) is 0 Å². The lowest BCUT2D eigenvalue weighted by Crippen LogP contribution is -2.30. The molecule has 5 nitrogen and oxygen atoms in total. The summed E-state index contributed by atoms with van der Waals surface area (Å²) in [5.41, 5.74) is 1.52. The molecular weight excluding hydrogens is 270 g/mol. The fourth-order valence-electron chi connectivity index (χ4n) is 2.42. The number of hydrogen-bond donors (Lipinski definition) is 1. The smallest absolute Gasteiger partial charge is 0.310 e. The number of amides is 2. The Morgan fingerprint density at radius 2 is 1.62 bits per heavy atom. The first-order valence-corrected chi connectivity index (χ1v) is 6.99. The van der Waals surface area contributed by atoms with Crippen molar-refractivity contribution < 1.29 is 19.5 Å². The SMILES string of the molecule is CC(C(=O)O)c1ccc(CN2C(=O)C(C)C(C)C2=O)cc1. The zero-order valence-electron chi connectivity index (χ0n) is 12.4. The number of benzene rings is 1. The molecule has 1 fully saturated rings. The summed E-state index contributed by atoms with van der Waals surface area (Å²) in [7, 11) is 0. The molecule has 1 aliphatic heterocycles. The van der Waals surface area contributed by atoms with E-state index in [2.05, 4.69) is 0 Å². The minimum Gasteiger partial charge on any atom is -0.481 e. The van der Waals surface area contributed by atoms with Gasteiger partial charge in [-0.15, -0.1) is 0 Å². The molecule has 21 heavy (non-hydrogen) atoms. The Bertz CT molecular complexity index is 558. The van der Waals surface area contributed by atoms with Crippen molar-refractivity contribution in [2.24, 2.45) is 11.8 Å². The third kappa shape index (κ3) is 2.82. The maximum atomic E-state index is 12.0. The number of carboxylic acids is 1. The summed E-state index contributed by atoms with van der Waals surface area (Å²) in [5.74, 6) is -2.29. The zero-order valence-corrected chi connectivity index (χ0v) is 12.4. The molecule has 1 aliphatic rings. The molecule has 5 heteroatoms. The minimum atomic E-state index is -0.879. The maximum absolute atomic E-state index is 12.0. The van der Waals surface area contributed by atoms with Crippen molar-refractivity contribution in [2.75, 3.05) is 0 Å². The zero-order chi connectivity index (χ0) is 15.7. The summed E-state index contributed by atoms with van der Waals surface area (Å²) in [6, 6.07) is 6.99. The van der Waals surface area contributed by atoms with Gasteiger partial charge in [0.2, 0.25) is 11.8 Å². The van der Waals surface area contributed by atoms with E-state index in [-0.39, 0.29) is 30.2 Å². The highest BCUT2D eigenvalue weighted by Crippen LogP contribution is 2.27. The normalized spacial score (nSPS) is 23.5. The molecular formula is C16H19NO4. The Kier molecular flexibility index (Phi) is 4.11. The Morgan fingerprint density at radius 3 is 2.05 bits per heavy atom. The van der Waals surface area contributed by atoms with Gasteiger partial charge in [0, 0.05) is 11.8 Å². The monoisotopic (exact) mass is 289 g/mol. The van der Waals surface area contributed by atoms with Gasteiger partial charge in [-0.1, -0.05) is 38.1 Å². The highest BCUT2D eigenvalue weighted by molar-refractivity contribution is 6.04. The number of imide groups is 1. The van der Waals surface area contributed by atoms with Crippen molar-refractivity contribution in [1.82, 2.24) is 4.90 Å². The van der Waals surface area contributed by atoms with Crippen LogP contribution in [0.5, 0.6) is 0 Å². The first-order valence-electron chi connectivity index (χ1n) is 6.99. The second kappa shape index (κ2) is 5.68. The average molecular weight is 289 g/mol.